The highest BCUT2D eigenvalue weighted by Gasteiger charge is 2.04. The minimum absolute atomic E-state index is 0.395. The summed E-state index contributed by atoms with van der Waals surface area (Å²) < 4.78 is 16.4. The highest BCUT2D eigenvalue weighted by molar-refractivity contribution is 9.09. The minimum atomic E-state index is 0.395. The van der Waals surface area contributed by atoms with Crippen molar-refractivity contribution in [1.82, 2.24) is 9.97 Å². The Morgan fingerprint density at radius 1 is 0.676 bits per heavy atom. The Balaban J connectivity index is 1.75. The number of rotatable bonds is 13. The van der Waals surface area contributed by atoms with Crippen molar-refractivity contribution in [3.63, 3.8) is 0 Å². The number of benzene rings is 2. The molecule has 2 aromatic carbocycles. The van der Waals surface area contributed by atoms with Gasteiger partial charge in [-0.05, 0) is 66.5 Å². The highest BCUT2D eigenvalue weighted by atomic mass is 79.9. The summed E-state index contributed by atoms with van der Waals surface area (Å²) in [6.07, 6.45) is 12.5. The molecule has 0 saturated heterocycles. The number of alkyl halides is 1. The standard InChI is InChI=1S/C28H31BrN2O3/c1-32-26-15-9-22(10-16-26)7-13-24-21-25(14-8-23-11-17-27(33-2)18-12-23)31-28(30-24)34-20-6-4-3-5-19-29/h7-18,21H,3-6,19-20H2,1-2H3/b13-7+,14-8+. The summed E-state index contributed by atoms with van der Waals surface area (Å²) in [5.41, 5.74) is 3.69. The van der Waals surface area contributed by atoms with Gasteiger partial charge in [0, 0.05) is 5.33 Å². The fourth-order valence-electron chi connectivity index (χ4n) is 3.20. The zero-order chi connectivity index (χ0) is 24.0. The van der Waals surface area contributed by atoms with Gasteiger partial charge in [0.1, 0.15) is 11.5 Å². The lowest BCUT2D eigenvalue weighted by atomic mass is 10.1. The Hall–Kier alpha value is -3.12. The molecule has 1 aromatic heterocycles. The molecule has 0 aliphatic heterocycles. The molecule has 0 fully saturated rings. The molecule has 178 valence electrons. The van der Waals surface area contributed by atoms with Crippen LogP contribution in [0.2, 0.25) is 0 Å². The Kier molecular flexibility index (Phi) is 10.7. The van der Waals surface area contributed by atoms with Crippen LogP contribution >= 0.6 is 15.9 Å². The van der Waals surface area contributed by atoms with Gasteiger partial charge in [0.25, 0.3) is 0 Å². The molecule has 0 atom stereocenters. The lowest BCUT2D eigenvalue weighted by molar-refractivity contribution is 0.281. The summed E-state index contributed by atoms with van der Waals surface area (Å²) in [4.78, 5) is 9.18. The molecule has 1 heterocycles. The number of unbranched alkanes of at least 4 members (excludes halogenated alkanes) is 3. The predicted octanol–water partition coefficient (Wildman–Crippen LogP) is 7.17. The molecular weight excluding hydrogens is 492 g/mol. The molecule has 6 heteroatoms. The van der Waals surface area contributed by atoms with Gasteiger partial charge in [0.15, 0.2) is 0 Å². The van der Waals surface area contributed by atoms with Crippen molar-refractivity contribution >= 4 is 40.2 Å². The second-order valence-electron chi connectivity index (χ2n) is 7.66. The van der Waals surface area contributed by atoms with E-state index in [9.17, 15) is 0 Å². The highest BCUT2D eigenvalue weighted by Crippen LogP contribution is 2.18. The van der Waals surface area contributed by atoms with E-state index in [1.807, 2.05) is 78.9 Å². The zero-order valence-corrected chi connectivity index (χ0v) is 21.3. The summed E-state index contributed by atoms with van der Waals surface area (Å²) >= 11 is 3.47. The van der Waals surface area contributed by atoms with Crippen LogP contribution in [0.3, 0.4) is 0 Å². The molecule has 0 spiro atoms. The van der Waals surface area contributed by atoms with Crippen molar-refractivity contribution < 1.29 is 14.2 Å². The lowest BCUT2D eigenvalue weighted by Crippen LogP contribution is -2.03. The maximum atomic E-state index is 5.90. The predicted molar refractivity (Wildman–Crippen MR) is 144 cm³/mol. The summed E-state index contributed by atoms with van der Waals surface area (Å²) in [6.45, 7) is 0.607. The molecule has 0 unspecified atom stereocenters. The number of halogens is 1. The van der Waals surface area contributed by atoms with E-state index < -0.39 is 0 Å². The van der Waals surface area contributed by atoms with Gasteiger partial charge in [-0.3, -0.25) is 0 Å². The van der Waals surface area contributed by atoms with Crippen LogP contribution in [-0.2, 0) is 0 Å². The van der Waals surface area contributed by atoms with Crippen LogP contribution in [0.1, 0.15) is 48.2 Å². The van der Waals surface area contributed by atoms with E-state index in [4.69, 9.17) is 14.2 Å². The molecule has 0 aliphatic rings. The third-order valence-electron chi connectivity index (χ3n) is 5.13. The van der Waals surface area contributed by atoms with E-state index in [1.165, 1.54) is 12.8 Å². The van der Waals surface area contributed by atoms with E-state index in [0.717, 1.165) is 52.2 Å². The van der Waals surface area contributed by atoms with Crippen LogP contribution in [0.4, 0.5) is 0 Å². The van der Waals surface area contributed by atoms with E-state index in [-0.39, 0.29) is 0 Å². The summed E-state index contributed by atoms with van der Waals surface area (Å²) in [6, 6.07) is 18.1. The Morgan fingerprint density at radius 3 is 1.65 bits per heavy atom. The summed E-state index contributed by atoms with van der Waals surface area (Å²) in [7, 11) is 3.33. The average molecular weight is 523 g/mol. The topological polar surface area (TPSA) is 53.5 Å². The largest absolute Gasteiger partial charge is 0.497 e. The summed E-state index contributed by atoms with van der Waals surface area (Å²) in [5.74, 6) is 1.66. The number of hydrogen-bond donors (Lipinski definition) is 0. The normalized spacial score (nSPS) is 11.3. The van der Waals surface area contributed by atoms with E-state index in [2.05, 4.69) is 25.9 Å². The Labute approximate surface area is 210 Å². The molecule has 0 amide bonds. The first-order valence-corrected chi connectivity index (χ1v) is 12.5. The van der Waals surface area contributed by atoms with Crippen LogP contribution in [0.15, 0.2) is 54.6 Å². The number of ether oxygens (including phenoxy) is 3. The van der Waals surface area contributed by atoms with Crippen LogP contribution < -0.4 is 14.2 Å². The smallest absolute Gasteiger partial charge is 0.317 e. The van der Waals surface area contributed by atoms with E-state index in [0.29, 0.717) is 12.6 Å². The molecule has 3 aromatic rings. The maximum absolute atomic E-state index is 5.90. The van der Waals surface area contributed by atoms with Crippen molar-refractivity contribution in [3.05, 3.63) is 77.1 Å². The zero-order valence-electron chi connectivity index (χ0n) is 19.7. The van der Waals surface area contributed by atoms with Gasteiger partial charge in [-0.15, -0.1) is 0 Å². The van der Waals surface area contributed by atoms with Gasteiger partial charge >= 0.3 is 6.01 Å². The third kappa shape index (κ3) is 8.67. The van der Waals surface area contributed by atoms with Crippen molar-refractivity contribution in [3.8, 4) is 17.5 Å². The lowest BCUT2D eigenvalue weighted by Gasteiger charge is -2.07. The average Bonchev–Trinajstić information content (AvgIpc) is 2.89. The van der Waals surface area contributed by atoms with Gasteiger partial charge in [0.05, 0.1) is 32.2 Å². The number of hydrogen-bond acceptors (Lipinski definition) is 5. The van der Waals surface area contributed by atoms with Crippen LogP contribution in [-0.4, -0.2) is 36.1 Å². The molecule has 0 radical (unpaired) electrons. The van der Waals surface area contributed by atoms with Crippen LogP contribution in [0, 0.1) is 0 Å². The quantitative estimate of drug-likeness (QED) is 0.176. The van der Waals surface area contributed by atoms with Crippen molar-refractivity contribution in [2.24, 2.45) is 0 Å². The molecule has 3 rings (SSSR count). The molecule has 0 N–H and O–H groups in total. The van der Waals surface area contributed by atoms with Gasteiger partial charge in [0.2, 0.25) is 0 Å². The van der Waals surface area contributed by atoms with Crippen molar-refractivity contribution in [2.75, 3.05) is 26.2 Å². The van der Waals surface area contributed by atoms with Gasteiger partial charge in [-0.25, -0.2) is 0 Å². The third-order valence-corrected chi connectivity index (χ3v) is 5.69. The van der Waals surface area contributed by atoms with E-state index in [1.54, 1.807) is 14.2 Å². The monoisotopic (exact) mass is 522 g/mol. The number of nitrogens with zero attached hydrogens (tertiary/aromatic N) is 2. The SMILES string of the molecule is COc1ccc(/C=C/c2cc(/C=C/c3ccc(OC)cc3)nc(OCCCCCCBr)n2)cc1. The molecule has 0 saturated carbocycles. The molecule has 0 bridgehead atoms. The van der Waals surface area contributed by atoms with Crippen molar-refractivity contribution in [2.45, 2.75) is 25.7 Å². The van der Waals surface area contributed by atoms with Gasteiger partial charge in [-0.1, -0.05) is 65.2 Å². The van der Waals surface area contributed by atoms with Gasteiger partial charge in [-0.2, -0.15) is 9.97 Å². The first-order valence-electron chi connectivity index (χ1n) is 11.4. The molecule has 0 aliphatic carbocycles. The number of aromatic nitrogens is 2. The van der Waals surface area contributed by atoms with Gasteiger partial charge < -0.3 is 14.2 Å². The fraction of sp³-hybridized carbons (Fsp3) is 0.286. The minimum Gasteiger partial charge on any atom is -0.497 e. The molecule has 34 heavy (non-hydrogen) atoms. The van der Waals surface area contributed by atoms with Crippen LogP contribution in [0.5, 0.6) is 17.5 Å². The first kappa shape index (κ1) is 25.5. The van der Waals surface area contributed by atoms with E-state index >= 15 is 0 Å². The number of methoxy groups -OCH3 is 2. The summed E-state index contributed by atoms with van der Waals surface area (Å²) in [5, 5.41) is 1.05. The molecular formula is C28H31BrN2O3. The maximum Gasteiger partial charge on any atom is 0.317 e. The fourth-order valence-corrected chi connectivity index (χ4v) is 3.60. The second-order valence-corrected chi connectivity index (χ2v) is 8.46. The van der Waals surface area contributed by atoms with Crippen LogP contribution in [0.25, 0.3) is 24.3 Å². The Bertz CT molecular complexity index is 988. The van der Waals surface area contributed by atoms with Crippen molar-refractivity contribution in [1.29, 1.82) is 0 Å². The second kappa shape index (κ2) is 14.2. The first-order chi connectivity index (χ1) is 16.7. The Morgan fingerprint density at radius 2 is 1.18 bits per heavy atom. The molecule has 5 nitrogen and oxygen atoms in total.